The monoisotopic (exact) mass is 403 g/mol. The van der Waals surface area contributed by atoms with Gasteiger partial charge in [-0.3, -0.25) is 4.79 Å². The lowest BCUT2D eigenvalue weighted by atomic mass is 9.96. The van der Waals surface area contributed by atoms with Gasteiger partial charge in [0, 0.05) is 31.7 Å². The van der Waals surface area contributed by atoms with Crippen LogP contribution in [0.1, 0.15) is 53.3 Å². The molecule has 0 spiro atoms. The fraction of sp³-hybridized carbons (Fsp3) is 0.391. The summed E-state index contributed by atoms with van der Waals surface area (Å²) in [6, 6.07) is 10.1. The summed E-state index contributed by atoms with van der Waals surface area (Å²) in [6.07, 6.45) is 2.72. The van der Waals surface area contributed by atoms with Crippen LogP contribution in [-0.2, 0) is 13.5 Å². The number of carbonyl (C=O) groups excluding carboxylic acids is 1. The van der Waals surface area contributed by atoms with Gasteiger partial charge in [-0.2, -0.15) is 0 Å². The topological polar surface area (TPSA) is 77.0 Å². The van der Waals surface area contributed by atoms with Gasteiger partial charge in [-0.1, -0.05) is 24.2 Å². The molecule has 1 aliphatic heterocycles. The summed E-state index contributed by atoms with van der Waals surface area (Å²) in [5, 5.41) is 4.76. The van der Waals surface area contributed by atoms with Crippen LogP contribution in [0.2, 0.25) is 0 Å². The number of aromatic nitrogens is 4. The number of hydrogen-bond acceptors (Lipinski definition) is 5. The fourth-order valence-electron chi connectivity index (χ4n) is 4.57. The number of aryl methyl sites for hydroxylation is 3. The van der Waals surface area contributed by atoms with Crippen molar-refractivity contribution in [3.05, 3.63) is 53.1 Å². The Balaban J connectivity index is 1.49. The first kappa shape index (κ1) is 18.8. The normalized spacial score (nSPS) is 17.2. The Labute approximate surface area is 174 Å². The first-order valence-corrected chi connectivity index (χ1v) is 10.5. The van der Waals surface area contributed by atoms with E-state index >= 15 is 0 Å². The lowest BCUT2D eigenvalue weighted by Crippen LogP contribution is -2.39. The second kappa shape index (κ2) is 7.23. The quantitative estimate of drug-likeness (QED) is 0.517. The number of carbonyl (C=O) groups is 1. The molecule has 7 heteroatoms. The number of hydrogen-bond donors (Lipinski definition) is 0. The van der Waals surface area contributed by atoms with Crippen LogP contribution in [0.5, 0.6) is 0 Å². The molecule has 1 aliphatic rings. The number of fused-ring (bicyclic) bond motifs is 2. The second-order valence-electron chi connectivity index (χ2n) is 8.07. The molecule has 7 nitrogen and oxygen atoms in total. The van der Waals surface area contributed by atoms with Crippen LogP contribution in [-0.4, -0.2) is 43.6 Å². The van der Waals surface area contributed by atoms with Crippen molar-refractivity contribution < 1.29 is 9.32 Å². The Kier molecular flexibility index (Phi) is 4.53. The molecule has 4 heterocycles. The van der Waals surface area contributed by atoms with Crippen molar-refractivity contribution in [2.24, 2.45) is 7.05 Å². The predicted molar refractivity (Wildman–Crippen MR) is 115 cm³/mol. The van der Waals surface area contributed by atoms with Gasteiger partial charge in [-0.25, -0.2) is 9.97 Å². The first-order chi connectivity index (χ1) is 14.6. The summed E-state index contributed by atoms with van der Waals surface area (Å²) in [5.41, 5.74) is 4.75. The minimum Gasteiger partial charge on any atom is -0.338 e. The molecule has 0 N–H and O–H groups in total. The van der Waals surface area contributed by atoms with E-state index in [9.17, 15) is 4.79 Å². The van der Waals surface area contributed by atoms with Crippen LogP contribution >= 0.6 is 0 Å². The van der Waals surface area contributed by atoms with Crippen molar-refractivity contribution in [2.75, 3.05) is 13.1 Å². The highest BCUT2D eigenvalue weighted by Crippen LogP contribution is 2.31. The molecule has 0 saturated carbocycles. The standard InChI is InChI=1S/C23H25N5O2/c1-4-16-12-17(20-14(2)26-30-22(20)24-16)23(29)28-11-7-8-15(13-28)21-25-18-9-5-6-10-19(18)27(21)3/h5-6,9-10,12,15H,4,7-8,11,13H2,1-3H3/t15-/m1/s1. The number of pyridine rings is 1. The highest BCUT2D eigenvalue weighted by Gasteiger charge is 2.30. The van der Waals surface area contributed by atoms with Crippen LogP contribution in [0.25, 0.3) is 22.1 Å². The Morgan fingerprint density at radius 1 is 1.27 bits per heavy atom. The summed E-state index contributed by atoms with van der Waals surface area (Å²) >= 11 is 0. The van der Waals surface area contributed by atoms with Gasteiger partial charge in [0.25, 0.3) is 11.6 Å². The Morgan fingerprint density at radius 3 is 2.90 bits per heavy atom. The fourth-order valence-corrected chi connectivity index (χ4v) is 4.57. The predicted octanol–water partition coefficient (Wildman–Crippen LogP) is 4.00. The average Bonchev–Trinajstić information content (AvgIpc) is 3.33. The van der Waals surface area contributed by atoms with E-state index in [1.807, 2.05) is 43.0 Å². The SMILES string of the molecule is CCc1cc(C(=O)N2CCC[C@@H](c3nc4ccccc4n3C)C2)c2c(C)noc2n1. The largest absolute Gasteiger partial charge is 0.338 e. The molecule has 3 aromatic heterocycles. The van der Waals surface area contributed by atoms with Gasteiger partial charge in [-0.05, 0) is 44.4 Å². The third kappa shape index (κ3) is 2.96. The minimum atomic E-state index is 0.0202. The van der Waals surface area contributed by atoms with Gasteiger partial charge in [0.1, 0.15) is 5.82 Å². The summed E-state index contributed by atoms with van der Waals surface area (Å²) in [7, 11) is 2.06. The maximum atomic E-state index is 13.6. The van der Waals surface area contributed by atoms with E-state index < -0.39 is 0 Å². The van der Waals surface area contributed by atoms with Gasteiger partial charge in [-0.15, -0.1) is 0 Å². The second-order valence-corrected chi connectivity index (χ2v) is 8.07. The maximum absolute atomic E-state index is 13.6. The number of para-hydroxylation sites is 2. The van der Waals surface area contributed by atoms with Gasteiger partial charge < -0.3 is 14.0 Å². The molecule has 0 aliphatic carbocycles. The zero-order valence-corrected chi connectivity index (χ0v) is 17.6. The van der Waals surface area contributed by atoms with E-state index in [2.05, 4.69) is 27.8 Å². The van der Waals surface area contributed by atoms with Crippen molar-refractivity contribution in [2.45, 2.75) is 39.0 Å². The van der Waals surface area contributed by atoms with E-state index in [1.54, 1.807) is 0 Å². The lowest BCUT2D eigenvalue weighted by molar-refractivity contribution is 0.0705. The third-order valence-electron chi connectivity index (χ3n) is 6.16. The van der Waals surface area contributed by atoms with Gasteiger partial charge in [0.15, 0.2) is 0 Å². The highest BCUT2D eigenvalue weighted by atomic mass is 16.5. The lowest BCUT2D eigenvalue weighted by Gasteiger charge is -2.32. The molecule has 1 aromatic carbocycles. The van der Waals surface area contributed by atoms with Gasteiger partial charge in [0.05, 0.1) is 27.7 Å². The summed E-state index contributed by atoms with van der Waals surface area (Å²) in [4.78, 5) is 24.9. The number of benzene rings is 1. The molecular weight excluding hydrogens is 378 g/mol. The third-order valence-corrected chi connectivity index (χ3v) is 6.16. The molecule has 5 rings (SSSR count). The van der Waals surface area contributed by atoms with Crippen LogP contribution in [0.3, 0.4) is 0 Å². The van der Waals surface area contributed by atoms with E-state index in [0.29, 0.717) is 23.5 Å². The van der Waals surface area contributed by atoms with Crippen LogP contribution in [0.4, 0.5) is 0 Å². The van der Waals surface area contributed by atoms with Crippen LogP contribution < -0.4 is 0 Å². The van der Waals surface area contributed by atoms with Crippen molar-refractivity contribution in [3.63, 3.8) is 0 Å². The number of piperidine rings is 1. The Bertz CT molecular complexity index is 1260. The van der Waals surface area contributed by atoms with Crippen molar-refractivity contribution in [3.8, 4) is 0 Å². The summed E-state index contributed by atoms with van der Waals surface area (Å²) < 4.78 is 7.53. The van der Waals surface area contributed by atoms with Crippen molar-refractivity contribution in [1.82, 2.24) is 24.6 Å². The molecule has 1 atom stereocenters. The van der Waals surface area contributed by atoms with E-state index in [1.165, 1.54) is 0 Å². The number of rotatable bonds is 3. The molecule has 4 aromatic rings. The molecule has 0 bridgehead atoms. The van der Waals surface area contributed by atoms with Gasteiger partial charge in [0.2, 0.25) is 0 Å². The molecule has 30 heavy (non-hydrogen) atoms. The highest BCUT2D eigenvalue weighted by molar-refractivity contribution is 6.06. The van der Waals surface area contributed by atoms with Crippen LogP contribution in [0.15, 0.2) is 34.9 Å². The number of likely N-dealkylation sites (tertiary alicyclic amines) is 1. The average molecular weight is 403 g/mol. The first-order valence-electron chi connectivity index (χ1n) is 10.5. The minimum absolute atomic E-state index is 0.0202. The zero-order valence-electron chi connectivity index (χ0n) is 17.6. The summed E-state index contributed by atoms with van der Waals surface area (Å²) in [6.45, 7) is 5.28. The molecule has 1 saturated heterocycles. The number of amides is 1. The van der Waals surface area contributed by atoms with Gasteiger partial charge >= 0.3 is 0 Å². The molecular formula is C23H25N5O2. The summed E-state index contributed by atoms with van der Waals surface area (Å²) in [5.74, 6) is 1.28. The van der Waals surface area contributed by atoms with Crippen molar-refractivity contribution in [1.29, 1.82) is 0 Å². The van der Waals surface area contributed by atoms with E-state index in [0.717, 1.165) is 53.7 Å². The number of imidazole rings is 1. The van der Waals surface area contributed by atoms with E-state index in [4.69, 9.17) is 9.51 Å². The number of nitrogens with zero attached hydrogens (tertiary/aromatic N) is 5. The molecule has 0 radical (unpaired) electrons. The molecule has 154 valence electrons. The maximum Gasteiger partial charge on any atom is 0.258 e. The molecule has 1 amide bonds. The van der Waals surface area contributed by atoms with E-state index in [-0.39, 0.29) is 11.8 Å². The molecule has 1 fully saturated rings. The van der Waals surface area contributed by atoms with Crippen molar-refractivity contribution >= 4 is 28.0 Å². The Morgan fingerprint density at radius 2 is 2.10 bits per heavy atom. The van der Waals surface area contributed by atoms with Crippen LogP contribution in [0, 0.1) is 6.92 Å². The molecule has 0 unspecified atom stereocenters. The zero-order chi connectivity index (χ0) is 20.8. The smallest absolute Gasteiger partial charge is 0.258 e. The Hall–Kier alpha value is -3.22.